The van der Waals surface area contributed by atoms with Gasteiger partial charge in [0.25, 0.3) is 0 Å². The summed E-state index contributed by atoms with van der Waals surface area (Å²) >= 11 is 0. The van der Waals surface area contributed by atoms with Gasteiger partial charge in [0.05, 0.1) is 5.75 Å². The smallest absolute Gasteiger partial charge is 0.214 e. The highest BCUT2D eigenvalue weighted by atomic mass is 32.2. The largest absolute Gasteiger partial charge is 0.315 e. The van der Waals surface area contributed by atoms with Crippen LogP contribution in [0.1, 0.15) is 12.0 Å². The van der Waals surface area contributed by atoms with Crippen LogP contribution in [0.5, 0.6) is 0 Å². The van der Waals surface area contributed by atoms with Gasteiger partial charge in [-0.15, -0.1) is 0 Å². The molecule has 1 fully saturated rings. The fraction of sp³-hybridized carbons (Fsp3) is 0.583. The van der Waals surface area contributed by atoms with Gasteiger partial charge in [-0.2, -0.15) is 0 Å². The van der Waals surface area contributed by atoms with E-state index in [9.17, 15) is 8.42 Å². The lowest BCUT2D eigenvalue weighted by atomic mass is 10.2. The number of nitrogens with one attached hydrogen (secondary N) is 1. The number of hydrogen-bond donors (Lipinski definition) is 1. The van der Waals surface area contributed by atoms with Crippen LogP contribution in [0.25, 0.3) is 0 Å². The quantitative estimate of drug-likeness (QED) is 0.851. The highest BCUT2D eigenvalue weighted by molar-refractivity contribution is 7.89. The van der Waals surface area contributed by atoms with Crippen LogP contribution >= 0.6 is 0 Å². The molecule has 1 aromatic heterocycles. The van der Waals surface area contributed by atoms with Crippen molar-refractivity contribution in [3.8, 4) is 0 Å². The lowest BCUT2D eigenvalue weighted by molar-refractivity contribution is 0.432. The van der Waals surface area contributed by atoms with Gasteiger partial charge in [0.2, 0.25) is 10.0 Å². The molecule has 1 aliphatic rings. The molecule has 1 aliphatic heterocycles. The summed E-state index contributed by atoms with van der Waals surface area (Å²) in [5, 5.41) is 3.21. The van der Waals surface area contributed by atoms with Crippen molar-refractivity contribution >= 4 is 10.0 Å². The number of pyridine rings is 1. The number of nitrogens with zero attached hydrogens (tertiary/aromatic N) is 2. The van der Waals surface area contributed by atoms with Crippen molar-refractivity contribution in [3.63, 3.8) is 0 Å². The topological polar surface area (TPSA) is 62.3 Å². The van der Waals surface area contributed by atoms with Gasteiger partial charge in [0.15, 0.2) is 0 Å². The van der Waals surface area contributed by atoms with E-state index in [-0.39, 0.29) is 5.75 Å². The maximum Gasteiger partial charge on any atom is 0.214 e. The molecular weight excluding hydrogens is 250 g/mol. The summed E-state index contributed by atoms with van der Waals surface area (Å²) in [5.41, 5.74) is 1.02. The standard InChI is InChI=1S/C12H19N3O2S/c16-18(17,15-9-1-5-13-8-10-15)11-4-12-2-6-14-7-3-12/h2-3,6-7,13H,1,4-5,8-11H2. The Balaban J connectivity index is 1.94. The predicted octanol–water partition coefficient (Wildman–Crippen LogP) is 0.249. The van der Waals surface area contributed by atoms with E-state index in [1.807, 2.05) is 12.1 Å². The Morgan fingerprint density at radius 1 is 1.22 bits per heavy atom. The zero-order chi connectivity index (χ0) is 12.8. The van der Waals surface area contributed by atoms with Crippen molar-refractivity contribution in [2.75, 3.05) is 31.9 Å². The molecule has 100 valence electrons. The molecule has 18 heavy (non-hydrogen) atoms. The van der Waals surface area contributed by atoms with E-state index in [4.69, 9.17) is 0 Å². The second-order valence-electron chi connectivity index (χ2n) is 4.42. The zero-order valence-electron chi connectivity index (χ0n) is 10.4. The second kappa shape index (κ2) is 6.26. The molecule has 2 heterocycles. The monoisotopic (exact) mass is 269 g/mol. The molecule has 0 amide bonds. The summed E-state index contributed by atoms with van der Waals surface area (Å²) in [7, 11) is -3.13. The highest BCUT2D eigenvalue weighted by Crippen LogP contribution is 2.08. The van der Waals surface area contributed by atoms with Crippen LogP contribution in [0.2, 0.25) is 0 Å². The minimum Gasteiger partial charge on any atom is -0.315 e. The Kier molecular flexibility index (Phi) is 4.68. The van der Waals surface area contributed by atoms with Crippen molar-refractivity contribution < 1.29 is 8.42 Å². The molecule has 0 bridgehead atoms. The van der Waals surface area contributed by atoms with Crippen molar-refractivity contribution in [2.45, 2.75) is 12.8 Å². The summed E-state index contributed by atoms with van der Waals surface area (Å²) in [5.74, 6) is 0.178. The molecule has 5 nitrogen and oxygen atoms in total. The van der Waals surface area contributed by atoms with E-state index in [1.165, 1.54) is 0 Å². The third-order valence-corrected chi connectivity index (χ3v) is 4.96. The Morgan fingerprint density at radius 2 is 2.00 bits per heavy atom. The lowest BCUT2D eigenvalue weighted by Crippen LogP contribution is -2.36. The average Bonchev–Trinajstić information content (AvgIpc) is 2.67. The number of aryl methyl sites for hydroxylation is 1. The number of rotatable bonds is 4. The van der Waals surface area contributed by atoms with Crippen LogP contribution < -0.4 is 5.32 Å². The molecular formula is C12H19N3O2S. The first-order valence-electron chi connectivity index (χ1n) is 6.26. The van der Waals surface area contributed by atoms with E-state index in [1.54, 1.807) is 16.7 Å². The van der Waals surface area contributed by atoms with Crippen LogP contribution in [0.3, 0.4) is 0 Å². The molecule has 0 radical (unpaired) electrons. The first kappa shape index (κ1) is 13.5. The van der Waals surface area contributed by atoms with Crippen molar-refractivity contribution in [1.29, 1.82) is 0 Å². The molecule has 0 atom stereocenters. The molecule has 0 unspecified atom stereocenters. The van der Waals surface area contributed by atoms with E-state index in [0.717, 1.165) is 25.1 Å². The molecule has 0 aliphatic carbocycles. The average molecular weight is 269 g/mol. The minimum atomic E-state index is -3.13. The van der Waals surface area contributed by atoms with Crippen LogP contribution in [0.4, 0.5) is 0 Å². The fourth-order valence-corrected chi connectivity index (χ4v) is 3.55. The SMILES string of the molecule is O=S(=O)(CCc1ccncc1)N1CCCNCC1. The van der Waals surface area contributed by atoms with Crippen LogP contribution in [0, 0.1) is 0 Å². The van der Waals surface area contributed by atoms with Gasteiger partial charge in [-0.25, -0.2) is 12.7 Å². The van der Waals surface area contributed by atoms with Gasteiger partial charge in [-0.1, -0.05) is 0 Å². The third-order valence-electron chi connectivity index (χ3n) is 3.09. The van der Waals surface area contributed by atoms with Gasteiger partial charge in [0.1, 0.15) is 0 Å². The normalized spacial score (nSPS) is 18.4. The van der Waals surface area contributed by atoms with Gasteiger partial charge in [0, 0.05) is 32.0 Å². The maximum atomic E-state index is 12.2. The van der Waals surface area contributed by atoms with Crippen LogP contribution in [-0.4, -0.2) is 49.6 Å². The minimum absolute atomic E-state index is 0.178. The molecule has 0 spiro atoms. The Bertz CT molecular complexity index is 453. The van der Waals surface area contributed by atoms with Crippen molar-refractivity contribution in [2.24, 2.45) is 0 Å². The molecule has 0 saturated carbocycles. The molecule has 1 aromatic rings. The summed E-state index contributed by atoms with van der Waals surface area (Å²) in [4.78, 5) is 3.92. The summed E-state index contributed by atoms with van der Waals surface area (Å²) in [6.07, 6.45) is 4.82. The van der Waals surface area contributed by atoms with Crippen molar-refractivity contribution in [1.82, 2.24) is 14.6 Å². The Hall–Kier alpha value is -0.980. The summed E-state index contributed by atoms with van der Waals surface area (Å²) < 4.78 is 26.0. The second-order valence-corrected chi connectivity index (χ2v) is 6.51. The molecule has 1 N–H and O–H groups in total. The first-order chi connectivity index (χ1) is 8.68. The van der Waals surface area contributed by atoms with E-state index in [2.05, 4.69) is 10.3 Å². The van der Waals surface area contributed by atoms with Gasteiger partial charge in [-0.3, -0.25) is 4.98 Å². The number of aromatic nitrogens is 1. The van der Waals surface area contributed by atoms with Crippen LogP contribution in [-0.2, 0) is 16.4 Å². The van der Waals surface area contributed by atoms with E-state index >= 15 is 0 Å². The maximum absolute atomic E-state index is 12.2. The fourth-order valence-electron chi connectivity index (χ4n) is 2.02. The predicted molar refractivity (Wildman–Crippen MR) is 70.8 cm³/mol. The van der Waals surface area contributed by atoms with Gasteiger partial charge >= 0.3 is 0 Å². The molecule has 0 aromatic carbocycles. The van der Waals surface area contributed by atoms with Crippen molar-refractivity contribution in [3.05, 3.63) is 30.1 Å². The molecule has 6 heteroatoms. The molecule has 1 saturated heterocycles. The first-order valence-corrected chi connectivity index (χ1v) is 7.87. The zero-order valence-corrected chi connectivity index (χ0v) is 11.2. The number of hydrogen-bond acceptors (Lipinski definition) is 4. The third kappa shape index (κ3) is 3.76. The highest BCUT2D eigenvalue weighted by Gasteiger charge is 2.22. The summed E-state index contributed by atoms with van der Waals surface area (Å²) in [6, 6.07) is 3.72. The number of sulfonamides is 1. The van der Waals surface area contributed by atoms with Crippen LogP contribution in [0.15, 0.2) is 24.5 Å². The lowest BCUT2D eigenvalue weighted by Gasteiger charge is -2.19. The Morgan fingerprint density at radius 3 is 2.78 bits per heavy atom. The Labute approximate surface area is 108 Å². The molecule has 2 rings (SSSR count). The summed E-state index contributed by atoms with van der Waals surface area (Å²) in [6.45, 7) is 2.86. The van der Waals surface area contributed by atoms with E-state index in [0.29, 0.717) is 19.5 Å². The van der Waals surface area contributed by atoms with E-state index < -0.39 is 10.0 Å². The van der Waals surface area contributed by atoms with Gasteiger partial charge < -0.3 is 5.32 Å². The van der Waals surface area contributed by atoms with Gasteiger partial charge in [-0.05, 0) is 37.1 Å².